The zero-order valence-corrected chi connectivity index (χ0v) is 17.3. The van der Waals surface area contributed by atoms with E-state index in [9.17, 15) is 14.9 Å². The van der Waals surface area contributed by atoms with Crippen molar-refractivity contribution < 1.29 is 19.1 Å². The van der Waals surface area contributed by atoms with Crippen molar-refractivity contribution in [1.29, 1.82) is 5.26 Å². The quantitative estimate of drug-likeness (QED) is 0.793. The number of carbonyl (C=O) groups is 2. The molecule has 8 nitrogen and oxygen atoms in total. The smallest absolute Gasteiger partial charge is 0.254 e. The maximum absolute atomic E-state index is 13.3. The Balaban J connectivity index is 1.16. The summed E-state index contributed by atoms with van der Waals surface area (Å²) in [6.45, 7) is 0.181. The molecule has 1 aliphatic carbocycles. The van der Waals surface area contributed by atoms with Gasteiger partial charge in [0.2, 0.25) is 12.7 Å². The summed E-state index contributed by atoms with van der Waals surface area (Å²) < 4.78 is 10.8. The number of piperidine rings is 2. The fourth-order valence-electron chi connectivity index (χ4n) is 6.29. The highest BCUT2D eigenvalue weighted by Gasteiger charge is 2.56. The molecule has 5 aliphatic rings. The third kappa shape index (κ3) is 2.90. The van der Waals surface area contributed by atoms with Crippen LogP contribution in [0.5, 0.6) is 11.5 Å². The minimum absolute atomic E-state index is 0.00839. The first-order valence-corrected chi connectivity index (χ1v) is 11.2. The number of fused-ring (bicyclic) bond motifs is 4. The van der Waals surface area contributed by atoms with E-state index in [1.807, 2.05) is 4.90 Å². The zero-order valence-electron chi connectivity index (χ0n) is 17.3. The van der Waals surface area contributed by atoms with E-state index < -0.39 is 6.04 Å². The number of amides is 2. The molecule has 4 heterocycles. The zero-order chi connectivity index (χ0) is 21.3. The summed E-state index contributed by atoms with van der Waals surface area (Å²) in [5, 5.41) is 9.43. The van der Waals surface area contributed by atoms with Gasteiger partial charge in [-0.1, -0.05) is 0 Å². The second-order valence-electron chi connectivity index (χ2n) is 9.61. The van der Waals surface area contributed by atoms with Crippen molar-refractivity contribution in [3.8, 4) is 17.6 Å². The number of rotatable bonds is 3. The minimum atomic E-state index is -0.596. The average Bonchev–Trinajstić information content (AvgIpc) is 3.10. The molecular formula is C23H26N4O4. The number of nitrogens with two attached hydrogens (primary N) is 1. The van der Waals surface area contributed by atoms with Crippen LogP contribution < -0.4 is 15.2 Å². The first kappa shape index (κ1) is 18.9. The summed E-state index contributed by atoms with van der Waals surface area (Å²) in [6, 6.07) is 7.09. The molecule has 2 N–H and O–H groups in total. The Bertz CT molecular complexity index is 976. The molecule has 0 radical (unpaired) electrons. The Morgan fingerprint density at radius 3 is 2.55 bits per heavy atom. The summed E-state index contributed by atoms with van der Waals surface area (Å²) in [7, 11) is 0. The third-order valence-corrected chi connectivity index (χ3v) is 7.92. The van der Waals surface area contributed by atoms with E-state index in [-0.39, 0.29) is 48.7 Å². The lowest BCUT2D eigenvalue weighted by molar-refractivity contribution is -0.135. The second-order valence-corrected chi connectivity index (χ2v) is 9.61. The summed E-state index contributed by atoms with van der Waals surface area (Å²) in [4.78, 5) is 30.2. The van der Waals surface area contributed by atoms with E-state index in [1.54, 1.807) is 23.1 Å². The average molecular weight is 422 g/mol. The maximum atomic E-state index is 13.3. The van der Waals surface area contributed by atoms with Crippen molar-refractivity contribution in [2.24, 2.45) is 17.6 Å². The van der Waals surface area contributed by atoms with E-state index in [0.717, 1.165) is 38.5 Å². The van der Waals surface area contributed by atoms with Gasteiger partial charge in [0.25, 0.3) is 5.91 Å². The van der Waals surface area contributed by atoms with Crippen LogP contribution in [0.2, 0.25) is 0 Å². The largest absolute Gasteiger partial charge is 0.454 e. The number of carbonyl (C=O) groups excluding carboxylic acids is 2. The lowest BCUT2D eigenvalue weighted by Crippen LogP contribution is -2.55. The van der Waals surface area contributed by atoms with Gasteiger partial charge in [0.1, 0.15) is 6.04 Å². The highest BCUT2D eigenvalue weighted by molar-refractivity contribution is 5.95. The highest BCUT2D eigenvalue weighted by Crippen LogP contribution is 2.48. The van der Waals surface area contributed by atoms with Crippen LogP contribution >= 0.6 is 0 Å². The number of nitriles is 1. The fourth-order valence-corrected chi connectivity index (χ4v) is 6.29. The van der Waals surface area contributed by atoms with E-state index in [4.69, 9.17) is 15.2 Å². The molecular weight excluding hydrogens is 396 g/mol. The molecule has 8 heteroatoms. The van der Waals surface area contributed by atoms with Gasteiger partial charge in [-0.2, -0.15) is 5.26 Å². The number of likely N-dealkylation sites (tertiary alicyclic amines) is 1. The van der Waals surface area contributed by atoms with Crippen molar-refractivity contribution in [3.05, 3.63) is 23.8 Å². The Kier molecular flexibility index (Phi) is 4.19. The SMILES string of the molecule is N#C[C@@H]1C[C@@H]2C[C@@H]2N1C(=O)[C@@H](N)C1CC2CCC(C1)N2C(=O)c1ccc2c(c1)OCO2. The van der Waals surface area contributed by atoms with Crippen molar-refractivity contribution in [2.75, 3.05) is 6.79 Å². The van der Waals surface area contributed by atoms with E-state index in [0.29, 0.717) is 23.0 Å². The second kappa shape index (κ2) is 6.86. The van der Waals surface area contributed by atoms with Crippen LogP contribution in [-0.4, -0.2) is 58.6 Å². The highest BCUT2D eigenvalue weighted by atomic mass is 16.7. The number of nitrogens with zero attached hydrogens (tertiary/aromatic N) is 3. The van der Waals surface area contributed by atoms with Crippen LogP contribution in [0.1, 0.15) is 48.9 Å². The summed E-state index contributed by atoms with van der Waals surface area (Å²) in [6.07, 6.45) is 5.14. The Morgan fingerprint density at radius 2 is 1.81 bits per heavy atom. The fraction of sp³-hybridized carbons (Fsp3) is 0.609. The molecule has 2 unspecified atom stereocenters. The molecule has 4 aliphatic heterocycles. The van der Waals surface area contributed by atoms with Gasteiger partial charge in [-0.05, 0) is 68.6 Å². The monoisotopic (exact) mass is 422 g/mol. The Labute approximate surface area is 180 Å². The number of ether oxygens (including phenoxy) is 2. The molecule has 0 spiro atoms. The Morgan fingerprint density at radius 1 is 1.06 bits per heavy atom. The molecule has 6 atom stereocenters. The molecule has 3 saturated heterocycles. The number of hydrogen-bond donors (Lipinski definition) is 1. The van der Waals surface area contributed by atoms with E-state index in [1.165, 1.54) is 0 Å². The maximum Gasteiger partial charge on any atom is 0.254 e. The molecule has 1 aromatic rings. The van der Waals surface area contributed by atoms with Crippen LogP contribution in [0.4, 0.5) is 0 Å². The lowest BCUT2D eigenvalue weighted by atomic mass is 9.84. The normalized spacial score (nSPS) is 35.5. The topological polar surface area (TPSA) is 109 Å². The molecule has 2 amide bonds. The van der Waals surface area contributed by atoms with Gasteiger partial charge in [-0.25, -0.2) is 0 Å². The summed E-state index contributed by atoms with van der Waals surface area (Å²) in [5.74, 6) is 1.74. The van der Waals surface area contributed by atoms with Crippen molar-refractivity contribution >= 4 is 11.8 Å². The van der Waals surface area contributed by atoms with Gasteiger partial charge in [0.15, 0.2) is 11.5 Å². The van der Waals surface area contributed by atoms with Crippen molar-refractivity contribution in [3.63, 3.8) is 0 Å². The minimum Gasteiger partial charge on any atom is -0.454 e. The predicted octanol–water partition coefficient (Wildman–Crippen LogP) is 1.64. The number of hydrogen-bond acceptors (Lipinski definition) is 6. The van der Waals surface area contributed by atoms with Crippen molar-refractivity contribution in [2.45, 2.75) is 68.7 Å². The van der Waals surface area contributed by atoms with Crippen molar-refractivity contribution in [1.82, 2.24) is 9.80 Å². The lowest BCUT2D eigenvalue weighted by Gasteiger charge is -2.41. The van der Waals surface area contributed by atoms with Gasteiger partial charge >= 0.3 is 0 Å². The summed E-state index contributed by atoms with van der Waals surface area (Å²) in [5.41, 5.74) is 7.09. The van der Waals surface area contributed by atoms with Crippen LogP contribution in [0.25, 0.3) is 0 Å². The molecule has 162 valence electrons. The molecule has 2 bridgehead atoms. The van der Waals surface area contributed by atoms with Gasteiger partial charge < -0.3 is 25.0 Å². The molecule has 31 heavy (non-hydrogen) atoms. The van der Waals surface area contributed by atoms with Crippen LogP contribution in [0.3, 0.4) is 0 Å². The van der Waals surface area contributed by atoms with Gasteiger partial charge in [0, 0.05) is 23.7 Å². The molecule has 1 saturated carbocycles. The molecule has 0 aromatic heterocycles. The third-order valence-electron chi connectivity index (χ3n) is 7.92. The molecule has 1 aromatic carbocycles. The number of benzene rings is 1. The Hall–Kier alpha value is -2.79. The standard InChI is InChI=1S/C23H26N4O4/c24-10-17-5-13-8-18(13)27(17)23(29)21(25)14-6-15-2-3-16(7-14)26(15)22(28)12-1-4-19-20(9-12)31-11-30-19/h1,4,9,13-18,21H,2-3,5-8,11,25H2/t13-,14?,15?,16?,17+,18+,21+/m1/s1. The van der Waals surface area contributed by atoms with Gasteiger partial charge in [-0.3, -0.25) is 9.59 Å². The van der Waals surface area contributed by atoms with E-state index in [2.05, 4.69) is 6.07 Å². The molecule has 6 rings (SSSR count). The van der Waals surface area contributed by atoms with E-state index >= 15 is 0 Å². The summed E-state index contributed by atoms with van der Waals surface area (Å²) >= 11 is 0. The predicted molar refractivity (Wildman–Crippen MR) is 109 cm³/mol. The van der Waals surface area contributed by atoms with Crippen LogP contribution in [0.15, 0.2) is 18.2 Å². The first-order chi connectivity index (χ1) is 15.0. The molecule has 4 fully saturated rings. The van der Waals surface area contributed by atoms with Crippen LogP contribution in [-0.2, 0) is 4.79 Å². The van der Waals surface area contributed by atoms with Gasteiger partial charge in [0.05, 0.1) is 12.1 Å². The first-order valence-electron chi connectivity index (χ1n) is 11.2. The van der Waals surface area contributed by atoms with Crippen LogP contribution in [0, 0.1) is 23.2 Å². The van der Waals surface area contributed by atoms with Gasteiger partial charge in [-0.15, -0.1) is 0 Å².